The Bertz CT molecular complexity index is 621. The number of methoxy groups -OCH3 is 1. The van der Waals surface area contributed by atoms with Gasteiger partial charge in [-0.3, -0.25) is 4.79 Å². The van der Waals surface area contributed by atoms with Crippen LogP contribution in [-0.2, 0) is 9.31 Å². The van der Waals surface area contributed by atoms with Crippen molar-refractivity contribution in [3.05, 3.63) is 17.7 Å². The Hall–Kier alpha value is -1.31. The molecule has 0 amide bonds. The Morgan fingerprint density at radius 2 is 1.62 bits per heavy atom. The minimum Gasteiger partial charge on any atom is -0.541 e. The van der Waals surface area contributed by atoms with Crippen LogP contribution in [0.1, 0.15) is 38.1 Å². The van der Waals surface area contributed by atoms with Gasteiger partial charge in [-0.05, 0) is 58.9 Å². The maximum atomic E-state index is 11.9. The molecule has 0 bridgehead atoms. The van der Waals surface area contributed by atoms with Crippen molar-refractivity contribution in [2.24, 2.45) is 0 Å². The van der Waals surface area contributed by atoms with Gasteiger partial charge in [0.05, 0.1) is 23.9 Å². The van der Waals surface area contributed by atoms with Gasteiger partial charge in [-0.25, -0.2) is 0 Å². The van der Waals surface area contributed by atoms with Crippen molar-refractivity contribution >= 4 is 27.2 Å². The lowest BCUT2D eigenvalue weighted by Crippen LogP contribution is -2.41. The smallest absolute Gasteiger partial charge is 0.495 e. The Balaban J connectivity index is 2.53. The third kappa shape index (κ3) is 3.53. The van der Waals surface area contributed by atoms with E-state index >= 15 is 0 Å². The summed E-state index contributed by atoms with van der Waals surface area (Å²) in [7, 11) is -0.988. The van der Waals surface area contributed by atoms with Gasteiger partial charge < -0.3 is 18.5 Å². The summed E-state index contributed by atoms with van der Waals surface area (Å²) in [5.41, 5.74) is 0.141. The molecule has 1 aliphatic rings. The molecule has 0 unspecified atom stereocenters. The minimum absolute atomic E-state index is 0.426. The molecule has 1 aromatic carbocycles. The van der Waals surface area contributed by atoms with Crippen LogP contribution in [0.2, 0.25) is 19.6 Å². The first kappa shape index (κ1) is 19.0. The number of benzene rings is 1. The Morgan fingerprint density at radius 3 is 2.04 bits per heavy atom. The number of carbonyl (C=O) groups excluding carboxylic acids is 1. The summed E-state index contributed by atoms with van der Waals surface area (Å²) in [6.45, 7) is 14.1. The molecule has 5 nitrogen and oxygen atoms in total. The molecule has 0 aliphatic carbocycles. The zero-order valence-electron chi connectivity index (χ0n) is 15.9. The van der Waals surface area contributed by atoms with Crippen molar-refractivity contribution in [3.8, 4) is 11.5 Å². The highest BCUT2D eigenvalue weighted by Gasteiger charge is 2.52. The first-order valence-electron chi connectivity index (χ1n) is 8.12. The van der Waals surface area contributed by atoms with E-state index in [0.717, 1.165) is 6.29 Å². The second-order valence-corrected chi connectivity index (χ2v) is 12.4. The number of hydrogen-bond donors (Lipinski definition) is 0. The molecule has 0 N–H and O–H groups in total. The van der Waals surface area contributed by atoms with Crippen molar-refractivity contribution in [3.63, 3.8) is 0 Å². The molecule has 1 aliphatic heterocycles. The summed E-state index contributed by atoms with van der Waals surface area (Å²) in [4.78, 5) is 11.9. The second kappa shape index (κ2) is 6.20. The molecule has 1 fully saturated rings. The van der Waals surface area contributed by atoms with Crippen LogP contribution in [0.25, 0.3) is 0 Å². The highest BCUT2D eigenvalue weighted by atomic mass is 28.4. The SMILES string of the molecule is COc1ccc(B2OC(C)(C)C(C)(C)O2)c(C=O)c1O[Si](C)(C)C. The second-order valence-electron chi connectivity index (χ2n) is 8.02. The van der Waals surface area contributed by atoms with Crippen LogP contribution in [-0.4, -0.2) is 40.0 Å². The Kier molecular flexibility index (Phi) is 4.92. The lowest BCUT2D eigenvalue weighted by atomic mass is 9.76. The van der Waals surface area contributed by atoms with E-state index < -0.39 is 26.6 Å². The molecule has 7 heteroatoms. The van der Waals surface area contributed by atoms with Gasteiger partial charge in [-0.15, -0.1) is 0 Å². The van der Waals surface area contributed by atoms with E-state index in [1.807, 2.05) is 33.8 Å². The molecule has 0 saturated carbocycles. The Morgan fingerprint density at radius 1 is 1.08 bits per heavy atom. The average Bonchev–Trinajstić information content (AvgIpc) is 2.65. The molecule has 1 saturated heterocycles. The summed E-state index contributed by atoms with van der Waals surface area (Å²) >= 11 is 0. The van der Waals surface area contributed by atoms with E-state index in [2.05, 4.69) is 19.6 Å². The lowest BCUT2D eigenvalue weighted by molar-refractivity contribution is 0.00578. The Labute approximate surface area is 145 Å². The quantitative estimate of drug-likeness (QED) is 0.604. The topological polar surface area (TPSA) is 54.0 Å². The van der Waals surface area contributed by atoms with Crippen molar-refractivity contribution in [1.29, 1.82) is 0 Å². The van der Waals surface area contributed by atoms with Gasteiger partial charge in [-0.2, -0.15) is 0 Å². The van der Waals surface area contributed by atoms with Crippen LogP contribution in [0.4, 0.5) is 0 Å². The summed E-state index contributed by atoms with van der Waals surface area (Å²) in [6, 6.07) is 3.60. The highest BCUT2D eigenvalue weighted by molar-refractivity contribution is 6.70. The highest BCUT2D eigenvalue weighted by Crippen LogP contribution is 2.38. The molecule has 24 heavy (non-hydrogen) atoms. The largest absolute Gasteiger partial charge is 0.541 e. The average molecular weight is 350 g/mol. The van der Waals surface area contributed by atoms with Crippen LogP contribution < -0.4 is 14.6 Å². The van der Waals surface area contributed by atoms with E-state index in [1.165, 1.54) is 0 Å². The number of hydrogen-bond acceptors (Lipinski definition) is 5. The first-order valence-corrected chi connectivity index (χ1v) is 11.5. The number of rotatable bonds is 5. The van der Waals surface area contributed by atoms with Crippen LogP contribution in [0.5, 0.6) is 11.5 Å². The lowest BCUT2D eigenvalue weighted by Gasteiger charge is -2.32. The molecule has 1 aromatic rings. The van der Waals surface area contributed by atoms with Gasteiger partial charge >= 0.3 is 7.12 Å². The van der Waals surface area contributed by atoms with Gasteiger partial charge in [0.1, 0.15) is 0 Å². The van der Waals surface area contributed by atoms with Crippen LogP contribution >= 0.6 is 0 Å². The fraction of sp³-hybridized carbons (Fsp3) is 0.588. The van der Waals surface area contributed by atoms with Gasteiger partial charge in [0, 0.05) is 0 Å². The molecule has 1 heterocycles. The van der Waals surface area contributed by atoms with Crippen LogP contribution in [0.15, 0.2) is 12.1 Å². The van der Waals surface area contributed by atoms with Gasteiger partial charge in [-0.1, -0.05) is 6.07 Å². The third-order valence-electron chi connectivity index (χ3n) is 4.45. The zero-order valence-corrected chi connectivity index (χ0v) is 16.9. The van der Waals surface area contributed by atoms with E-state index in [1.54, 1.807) is 13.2 Å². The molecule has 0 atom stereocenters. The molecule has 0 spiro atoms. The monoisotopic (exact) mass is 350 g/mol. The van der Waals surface area contributed by atoms with Crippen molar-refractivity contribution in [2.45, 2.75) is 58.5 Å². The third-order valence-corrected chi connectivity index (χ3v) is 5.26. The molecule has 2 rings (SSSR count). The maximum absolute atomic E-state index is 11.9. The van der Waals surface area contributed by atoms with Crippen molar-refractivity contribution in [1.82, 2.24) is 0 Å². The molecular weight excluding hydrogens is 323 g/mol. The summed E-state index contributed by atoms with van der Waals surface area (Å²) in [5, 5.41) is 0. The predicted molar refractivity (Wildman–Crippen MR) is 98.1 cm³/mol. The number of carbonyl (C=O) groups is 1. The van der Waals surface area contributed by atoms with Crippen molar-refractivity contribution < 1.29 is 23.3 Å². The zero-order chi connectivity index (χ0) is 18.3. The first-order chi connectivity index (χ1) is 10.9. The van der Waals surface area contributed by atoms with Gasteiger partial charge in [0.25, 0.3) is 0 Å². The van der Waals surface area contributed by atoms with Gasteiger partial charge in [0.2, 0.25) is 8.32 Å². The van der Waals surface area contributed by atoms with E-state index in [9.17, 15) is 4.79 Å². The minimum atomic E-state index is -1.93. The summed E-state index contributed by atoms with van der Waals surface area (Å²) in [6.07, 6.45) is 0.790. The number of ether oxygens (including phenoxy) is 1. The van der Waals surface area contributed by atoms with E-state index in [4.69, 9.17) is 18.5 Å². The molecule has 0 aromatic heterocycles. The standard InChI is InChI=1S/C17H27BO5Si/c1-16(2)17(3,4)23-18(22-16)13-9-10-14(20-5)15(12(13)11-19)21-24(6,7)8/h9-11H,1-8H3. The molecule has 0 radical (unpaired) electrons. The summed E-state index contributed by atoms with van der Waals surface area (Å²) in [5.74, 6) is 1.01. The molecular formula is C17H27BO5Si. The van der Waals surface area contributed by atoms with E-state index in [-0.39, 0.29) is 0 Å². The van der Waals surface area contributed by atoms with Crippen LogP contribution in [0.3, 0.4) is 0 Å². The van der Waals surface area contributed by atoms with Gasteiger partial charge in [0.15, 0.2) is 17.8 Å². The maximum Gasteiger partial charge on any atom is 0.495 e. The summed E-state index contributed by atoms with van der Waals surface area (Å²) < 4.78 is 23.7. The fourth-order valence-electron chi connectivity index (χ4n) is 2.46. The number of aldehydes is 1. The predicted octanol–water partition coefficient (Wildman–Crippen LogP) is 3.02. The van der Waals surface area contributed by atoms with Crippen molar-refractivity contribution in [2.75, 3.05) is 7.11 Å². The van der Waals surface area contributed by atoms with Crippen LogP contribution in [0, 0.1) is 0 Å². The molecule has 132 valence electrons. The normalized spacial score (nSPS) is 19.2. The van der Waals surface area contributed by atoms with E-state index in [0.29, 0.717) is 22.5 Å². The fourth-order valence-corrected chi connectivity index (χ4v) is 3.29.